The van der Waals surface area contributed by atoms with Crippen LogP contribution >= 0.6 is 11.3 Å². The zero-order valence-corrected chi connectivity index (χ0v) is 18.2. The van der Waals surface area contributed by atoms with Crippen molar-refractivity contribution in [3.8, 4) is 10.6 Å². The maximum absolute atomic E-state index is 12.3. The average molecular weight is 413 g/mol. The van der Waals surface area contributed by atoms with E-state index in [4.69, 9.17) is 4.98 Å². The molecule has 1 saturated carbocycles. The third-order valence-corrected chi connectivity index (χ3v) is 7.01. The van der Waals surface area contributed by atoms with Gasteiger partial charge in [-0.05, 0) is 25.5 Å². The number of likely N-dealkylation sites (N-methyl/N-ethyl adjacent to an activating group) is 1. The number of thiazole rings is 1. The fraction of sp³-hybridized carbons (Fsp3) is 0.565. The molecule has 1 aromatic carbocycles. The van der Waals surface area contributed by atoms with E-state index in [0.29, 0.717) is 12.5 Å². The van der Waals surface area contributed by atoms with Gasteiger partial charge in [-0.25, -0.2) is 4.98 Å². The first kappa shape index (κ1) is 20.5. The highest BCUT2D eigenvalue weighted by molar-refractivity contribution is 7.13. The average Bonchev–Trinajstić information content (AvgIpc) is 3.19. The van der Waals surface area contributed by atoms with E-state index in [1.54, 1.807) is 11.3 Å². The van der Waals surface area contributed by atoms with Gasteiger partial charge in [0.05, 0.1) is 12.1 Å². The first-order valence-electron chi connectivity index (χ1n) is 10.9. The van der Waals surface area contributed by atoms with E-state index in [-0.39, 0.29) is 5.91 Å². The number of rotatable bonds is 6. The molecule has 2 aromatic rings. The Morgan fingerprint density at radius 3 is 2.55 bits per heavy atom. The molecular weight excluding hydrogens is 380 g/mol. The Balaban J connectivity index is 1.30. The smallest absolute Gasteiger partial charge is 0.226 e. The fourth-order valence-electron chi connectivity index (χ4n) is 4.23. The number of amides is 1. The number of benzene rings is 1. The second kappa shape index (κ2) is 9.83. The molecule has 156 valence electrons. The van der Waals surface area contributed by atoms with Crippen molar-refractivity contribution in [2.45, 2.75) is 51.1 Å². The molecule has 29 heavy (non-hydrogen) atoms. The minimum atomic E-state index is 0.108. The van der Waals surface area contributed by atoms with Crippen LogP contribution in [-0.4, -0.2) is 60.0 Å². The molecule has 2 fully saturated rings. The number of carbonyl (C=O) groups excluding carboxylic acids is 1. The van der Waals surface area contributed by atoms with E-state index in [1.165, 1.54) is 24.8 Å². The molecule has 0 atom stereocenters. The number of nitrogens with one attached hydrogen (secondary N) is 1. The van der Waals surface area contributed by atoms with Gasteiger partial charge in [0.2, 0.25) is 5.91 Å². The topological polar surface area (TPSA) is 48.5 Å². The molecule has 0 radical (unpaired) electrons. The summed E-state index contributed by atoms with van der Waals surface area (Å²) in [5.41, 5.74) is 3.36. The van der Waals surface area contributed by atoms with Crippen LogP contribution in [0.5, 0.6) is 0 Å². The van der Waals surface area contributed by atoms with Gasteiger partial charge in [0.1, 0.15) is 5.01 Å². The molecule has 1 N–H and O–H groups in total. The van der Waals surface area contributed by atoms with Crippen LogP contribution in [0.1, 0.15) is 43.4 Å². The molecule has 1 amide bonds. The summed E-state index contributed by atoms with van der Waals surface area (Å²) >= 11 is 1.63. The van der Waals surface area contributed by atoms with E-state index < -0.39 is 0 Å². The van der Waals surface area contributed by atoms with Crippen molar-refractivity contribution < 1.29 is 4.79 Å². The summed E-state index contributed by atoms with van der Waals surface area (Å²) in [5.74, 6) is 0.108. The van der Waals surface area contributed by atoms with Gasteiger partial charge in [-0.15, -0.1) is 11.3 Å². The van der Waals surface area contributed by atoms with Crippen LogP contribution in [0.2, 0.25) is 0 Å². The molecule has 1 aliphatic heterocycles. The highest BCUT2D eigenvalue weighted by Gasteiger charge is 2.17. The van der Waals surface area contributed by atoms with Gasteiger partial charge in [-0.2, -0.15) is 0 Å². The number of nitrogens with zero attached hydrogens (tertiary/aromatic N) is 3. The monoisotopic (exact) mass is 412 g/mol. The summed E-state index contributed by atoms with van der Waals surface area (Å²) in [4.78, 5) is 21.9. The van der Waals surface area contributed by atoms with E-state index >= 15 is 0 Å². The number of hydrogen-bond acceptors (Lipinski definition) is 5. The van der Waals surface area contributed by atoms with Crippen LogP contribution in [0.3, 0.4) is 0 Å². The Bertz CT molecular complexity index is 789. The van der Waals surface area contributed by atoms with Crippen LogP contribution in [0.15, 0.2) is 29.6 Å². The summed E-state index contributed by atoms with van der Waals surface area (Å²) in [6, 6.07) is 9.11. The summed E-state index contributed by atoms with van der Waals surface area (Å²) in [7, 11) is 2.19. The molecule has 4 rings (SSSR count). The lowest BCUT2D eigenvalue weighted by Gasteiger charge is -2.32. The Labute approximate surface area is 178 Å². The van der Waals surface area contributed by atoms with Crippen LogP contribution < -0.4 is 5.32 Å². The van der Waals surface area contributed by atoms with Gasteiger partial charge in [0.25, 0.3) is 0 Å². The predicted molar refractivity (Wildman–Crippen MR) is 119 cm³/mol. The Hall–Kier alpha value is -1.76. The van der Waals surface area contributed by atoms with E-state index in [1.807, 2.05) is 5.38 Å². The molecule has 2 heterocycles. The molecule has 6 heteroatoms. The quantitative estimate of drug-likeness (QED) is 0.788. The van der Waals surface area contributed by atoms with Gasteiger partial charge < -0.3 is 10.2 Å². The molecule has 1 aliphatic carbocycles. The van der Waals surface area contributed by atoms with Gasteiger partial charge in [0.15, 0.2) is 0 Å². The van der Waals surface area contributed by atoms with Crippen LogP contribution in [0, 0.1) is 0 Å². The minimum Gasteiger partial charge on any atom is -0.353 e. The van der Waals surface area contributed by atoms with Crippen molar-refractivity contribution in [2.75, 3.05) is 33.2 Å². The molecular formula is C23H32N4OS. The molecule has 5 nitrogen and oxygen atoms in total. The van der Waals surface area contributed by atoms with Gasteiger partial charge in [-0.1, -0.05) is 43.5 Å². The Morgan fingerprint density at radius 1 is 1.10 bits per heavy atom. The molecule has 0 bridgehead atoms. The summed E-state index contributed by atoms with van der Waals surface area (Å²) in [6.45, 7) is 5.58. The molecule has 0 spiro atoms. The molecule has 0 unspecified atom stereocenters. The van der Waals surface area contributed by atoms with Gasteiger partial charge in [0, 0.05) is 49.7 Å². The van der Waals surface area contributed by atoms with Crippen LogP contribution in [0.4, 0.5) is 0 Å². The first-order valence-corrected chi connectivity index (χ1v) is 11.8. The third kappa shape index (κ3) is 5.87. The maximum Gasteiger partial charge on any atom is 0.226 e. The first-order chi connectivity index (χ1) is 14.2. The lowest BCUT2D eigenvalue weighted by molar-refractivity contribution is -0.121. The SMILES string of the molecule is CN1CCN(Cc2ccc(-c3nc(CC(=O)NC4CCCCC4)cs3)cc2)CC1. The van der Waals surface area contributed by atoms with Crippen LogP contribution in [-0.2, 0) is 17.8 Å². The lowest BCUT2D eigenvalue weighted by Crippen LogP contribution is -2.43. The zero-order chi connectivity index (χ0) is 20.1. The highest BCUT2D eigenvalue weighted by atomic mass is 32.1. The normalized spacial score (nSPS) is 19.3. The standard InChI is InChI=1S/C23H32N4OS/c1-26-11-13-27(14-12-26)16-18-7-9-19(10-8-18)23-25-21(17-29-23)15-22(28)24-20-5-3-2-4-6-20/h7-10,17,20H,2-6,11-16H2,1H3,(H,24,28). The number of hydrogen-bond donors (Lipinski definition) is 1. The van der Waals surface area contributed by atoms with Crippen molar-refractivity contribution in [3.63, 3.8) is 0 Å². The van der Waals surface area contributed by atoms with Crippen molar-refractivity contribution in [2.24, 2.45) is 0 Å². The molecule has 2 aliphatic rings. The van der Waals surface area contributed by atoms with Crippen molar-refractivity contribution in [3.05, 3.63) is 40.9 Å². The highest BCUT2D eigenvalue weighted by Crippen LogP contribution is 2.25. The van der Waals surface area contributed by atoms with Crippen molar-refractivity contribution >= 4 is 17.2 Å². The number of piperazine rings is 1. The lowest BCUT2D eigenvalue weighted by atomic mass is 9.95. The minimum absolute atomic E-state index is 0.108. The van der Waals surface area contributed by atoms with E-state index in [9.17, 15) is 4.79 Å². The fourth-order valence-corrected chi connectivity index (χ4v) is 5.05. The van der Waals surface area contributed by atoms with Crippen LogP contribution in [0.25, 0.3) is 10.6 Å². The van der Waals surface area contributed by atoms with Crippen molar-refractivity contribution in [1.29, 1.82) is 0 Å². The predicted octanol–water partition coefficient (Wildman–Crippen LogP) is 3.55. The molecule has 1 aromatic heterocycles. The van der Waals surface area contributed by atoms with Crippen molar-refractivity contribution in [1.82, 2.24) is 20.1 Å². The Kier molecular flexibility index (Phi) is 6.95. The van der Waals surface area contributed by atoms with Gasteiger partial charge >= 0.3 is 0 Å². The van der Waals surface area contributed by atoms with E-state index in [0.717, 1.165) is 61.8 Å². The molecule has 1 saturated heterocycles. The van der Waals surface area contributed by atoms with E-state index in [2.05, 4.69) is 46.4 Å². The largest absolute Gasteiger partial charge is 0.353 e. The second-order valence-electron chi connectivity index (χ2n) is 8.50. The van der Waals surface area contributed by atoms with Gasteiger partial charge in [-0.3, -0.25) is 9.69 Å². The second-order valence-corrected chi connectivity index (χ2v) is 9.36. The number of aromatic nitrogens is 1. The Morgan fingerprint density at radius 2 is 1.83 bits per heavy atom. The summed E-state index contributed by atoms with van der Waals surface area (Å²) < 4.78 is 0. The summed E-state index contributed by atoms with van der Waals surface area (Å²) in [5, 5.41) is 6.20. The zero-order valence-electron chi connectivity index (χ0n) is 17.4. The summed E-state index contributed by atoms with van der Waals surface area (Å²) in [6.07, 6.45) is 6.39. The number of carbonyl (C=O) groups is 1. The maximum atomic E-state index is 12.3. The third-order valence-electron chi connectivity index (χ3n) is 6.07.